The second-order valence-electron chi connectivity index (χ2n) is 2.78. The van der Waals surface area contributed by atoms with Crippen LogP contribution in [0.1, 0.15) is 26.2 Å². The van der Waals surface area contributed by atoms with Crippen molar-refractivity contribution in [2.24, 2.45) is 0 Å². The van der Waals surface area contributed by atoms with Crippen LogP contribution in [0, 0.1) is 14.1 Å². The Balaban J connectivity index is 3.38. The summed E-state index contributed by atoms with van der Waals surface area (Å²) in [7, 11) is 10.3. The summed E-state index contributed by atoms with van der Waals surface area (Å²) in [6.45, 7) is 2.31. The first-order valence-electron chi connectivity index (χ1n) is 4.12. The molecule has 3 heteroatoms. The Morgan fingerprint density at radius 2 is 2.08 bits per heavy atom. The maximum absolute atomic E-state index is 10.9. The van der Waals surface area contributed by atoms with E-state index >= 15 is 0 Å². The molecular weight excluding hydrogens is 152 g/mol. The lowest BCUT2D eigenvalue weighted by molar-refractivity contribution is -0.118. The third-order valence-corrected chi connectivity index (χ3v) is 1.76. The van der Waals surface area contributed by atoms with Crippen LogP contribution in [0.3, 0.4) is 0 Å². The van der Waals surface area contributed by atoms with E-state index in [0.717, 1.165) is 25.8 Å². The molecule has 4 radical (unpaired) electrons. The van der Waals surface area contributed by atoms with Crippen LogP contribution in [-0.4, -0.2) is 18.4 Å². The minimum absolute atomic E-state index is 0.0817. The Morgan fingerprint density at radius 1 is 1.42 bits per heavy atom. The lowest BCUT2D eigenvalue weighted by Crippen LogP contribution is -2.30. The number of carbonyl (C=O) groups is 1. The minimum atomic E-state index is -0.206. The summed E-state index contributed by atoms with van der Waals surface area (Å²) in [6, 6.07) is -0.206. The molecule has 0 bridgehead atoms. The first kappa shape index (κ1) is 11.6. The van der Waals surface area contributed by atoms with Gasteiger partial charge in [-0.05, 0) is 26.3 Å². The average Bonchev–Trinajstić information content (AvgIpc) is 2.04. The SMILES string of the molecule is [CH]NCCCCC(N[CH])C(C)=O. The third-order valence-electron chi connectivity index (χ3n) is 1.76. The molecule has 0 aliphatic heterocycles. The predicted octanol–water partition coefficient (Wildman–Crippen LogP) is 0.631. The number of nitrogens with one attached hydrogen (secondary N) is 2. The fraction of sp³-hybridized carbons (Fsp3) is 0.667. The van der Waals surface area contributed by atoms with Crippen molar-refractivity contribution < 1.29 is 4.79 Å². The van der Waals surface area contributed by atoms with Crippen molar-refractivity contribution in [3.8, 4) is 0 Å². The van der Waals surface area contributed by atoms with Gasteiger partial charge in [0.25, 0.3) is 0 Å². The van der Waals surface area contributed by atoms with Crippen molar-refractivity contribution in [3.63, 3.8) is 0 Å². The molecule has 0 spiro atoms. The Kier molecular flexibility index (Phi) is 7.00. The summed E-state index contributed by atoms with van der Waals surface area (Å²) in [5.41, 5.74) is 0. The number of unbranched alkanes of at least 4 members (excludes halogenated alkanes) is 1. The second-order valence-corrected chi connectivity index (χ2v) is 2.78. The van der Waals surface area contributed by atoms with Crippen LogP contribution in [0.15, 0.2) is 0 Å². The monoisotopic (exact) mass is 168 g/mol. The standard InChI is InChI=1S/C9H16N2O/c1-8(12)9(11-3)6-4-5-7-10-2/h2-3,9-11H,4-7H2,1H3. The van der Waals surface area contributed by atoms with Gasteiger partial charge in [0.05, 0.1) is 6.04 Å². The van der Waals surface area contributed by atoms with E-state index in [1.807, 2.05) is 0 Å². The Labute approximate surface area is 74.9 Å². The fourth-order valence-corrected chi connectivity index (χ4v) is 0.979. The molecule has 1 atom stereocenters. The van der Waals surface area contributed by atoms with E-state index in [-0.39, 0.29) is 11.8 Å². The van der Waals surface area contributed by atoms with Crippen LogP contribution in [0.4, 0.5) is 0 Å². The zero-order chi connectivity index (χ0) is 9.40. The normalized spacial score (nSPS) is 12.9. The Hall–Kier alpha value is -0.410. The Bertz CT molecular complexity index is 126. The van der Waals surface area contributed by atoms with Gasteiger partial charge >= 0.3 is 0 Å². The molecule has 0 saturated carbocycles. The highest BCUT2D eigenvalue weighted by Crippen LogP contribution is 2.00. The van der Waals surface area contributed by atoms with Gasteiger partial charge in [-0.25, -0.2) is 0 Å². The molecule has 0 fully saturated rings. The van der Waals surface area contributed by atoms with Crippen LogP contribution in [0.25, 0.3) is 0 Å². The topological polar surface area (TPSA) is 41.1 Å². The third kappa shape index (κ3) is 5.27. The highest BCUT2D eigenvalue weighted by molar-refractivity contribution is 5.81. The first-order valence-corrected chi connectivity index (χ1v) is 4.12. The molecule has 3 nitrogen and oxygen atoms in total. The van der Waals surface area contributed by atoms with Crippen molar-refractivity contribution in [1.82, 2.24) is 10.6 Å². The largest absolute Gasteiger partial charge is 0.311 e. The van der Waals surface area contributed by atoms with Crippen molar-refractivity contribution in [1.29, 1.82) is 0 Å². The molecule has 2 N–H and O–H groups in total. The van der Waals surface area contributed by atoms with Crippen molar-refractivity contribution >= 4 is 5.78 Å². The zero-order valence-corrected chi connectivity index (χ0v) is 7.47. The summed E-state index contributed by atoms with van der Waals surface area (Å²) in [6.07, 6.45) is 2.67. The quantitative estimate of drug-likeness (QED) is 0.433. The van der Waals surface area contributed by atoms with Gasteiger partial charge in [-0.2, -0.15) is 0 Å². The minimum Gasteiger partial charge on any atom is -0.311 e. The number of Topliss-reactive ketones (excluding diaryl/α,β-unsaturated/α-hetero) is 1. The van der Waals surface area contributed by atoms with E-state index < -0.39 is 0 Å². The first-order chi connectivity index (χ1) is 5.72. The lowest BCUT2D eigenvalue weighted by atomic mass is 10.1. The maximum atomic E-state index is 10.9. The smallest absolute Gasteiger partial charge is 0.146 e. The second kappa shape index (κ2) is 7.25. The number of hydrogen-bond acceptors (Lipinski definition) is 3. The lowest BCUT2D eigenvalue weighted by Gasteiger charge is -2.11. The average molecular weight is 168 g/mol. The van der Waals surface area contributed by atoms with Gasteiger partial charge in [0.1, 0.15) is 5.78 Å². The molecule has 0 aliphatic rings. The molecule has 68 valence electrons. The molecule has 0 saturated heterocycles. The van der Waals surface area contributed by atoms with E-state index in [4.69, 9.17) is 14.1 Å². The number of hydrogen-bond donors (Lipinski definition) is 2. The summed E-state index contributed by atoms with van der Waals surface area (Å²) in [4.78, 5) is 10.9. The van der Waals surface area contributed by atoms with Crippen LogP contribution in [0.2, 0.25) is 0 Å². The number of ketones is 1. The van der Waals surface area contributed by atoms with E-state index in [2.05, 4.69) is 10.6 Å². The summed E-state index contributed by atoms with van der Waals surface area (Å²) in [5.74, 6) is 0.0817. The fourth-order valence-electron chi connectivity index (χ4n) is 0.979. The van der Waals surface area contributed by atoms with Gasteiger partial charge in [-0.3, -0.25) is 4.79 Å². The molecule has 0 heterocycles. The van der Waals surface area contributed by atoms with Crippen LogP contribution in [-0.2, 0) is 4.79 Å². The van der Waals surface area contributed by atoms with E-state index in [1.54, 1.807) is 0 Å². The molecule has 0 rings (SSSR count). The molecule has 0 amide bonds. The highest BCUT2D eigenvalue weighted by atomic mass is 16.1. The molecule has 1 unspecified atom stereocenters. The highest BCUT2D eigenvalue weighted by Gasteiger charge is 2.09. The predicted molar refractivity (Wildman–Crippen MR) is 48.1 cm³/mol. The summed E-state index contributed by atoms with van der Waals surface area (Å²) in [5, 5.41) is 5.03. The van der Waals surface area contributed by atoms with Crippen molar-refractivity contribution in [2.75, 3.05) is 6.54 Å². The van der Waals surface area contributed by atoms with Crippen LogP contribution < -0.4 is 10.6 Å². The van der Waals surface area contributed by atoms with Crippen molar-refractivity contribution in [3.05, 3.63) is 14.1 Å². The number of carbonyl (C=O) groups excluding carboxylic acids is 1. The molecular formula is C9H16N2O. The van der Waals surface area contributed by atoms with Crippen LogP contribution >= 0.6 is 0 Å². The van der Waals surface area contributed by atoms with Gasteiger partial charge in [0.2, 0.25) is 0 Å². The van der Waals surface area contributed by atoms with Gasteiger partial charge in [0.15, 0.2) is 0 Å². The van der Waals surface area contributed by atoms with Crippen LogP contribution in [0.5, 0.6) is 0 Å². The summed E-state index contributed by atoms with van der Waals surface area (Å²) < 4.78 is 0. The molecule has 0 aromatic carbocycles. The number of rotatable bonds is 7. The molecule has 0 aromatic heterocycles. The van der Waals surface area contributed by atoms with E-state index in [9.17, 15) is 4.79 Å². The Morgan fingerprint density at radius 3 is 2.50 bits per heavy atom. The van der Waals surface area contributed by atoms with Gasteiger partial charge in [-0.15, -0.1) is 0 Å². The van der Waals surface area contributed by atoms with E-state index in [1.165, 1.54) is 6.92 Å². The summed E-state index contributed by atoms with van der Waals surface area (Å²) >= 11 is 0. The van der Waals surface area contributed by atoms with Gasteiger partial charge in [-0.1, -0.05) is 6.42 Å². The van der Waals surface area contributed by atoms with E-state index in [0.29, 0.717) is 0 Å². The van der Waals surface area contributed by atoms with Gasteiger partial charge in [0, 0.05) is 14.1 Å². The molecule has 0 aromatic rings. The maximum Gasteiger partial charge on any atom is 0.146 e. The van der Waals surface area contributed by atoms with Gasteiger partial charge < -0.3 is 10.6 Å². The zero-order valence-electron chi connectivity index (χ0n) is 7.47. The molecule has 12 heavy (non-hydrogen) atoms. The van der Waals surface area contributed by atoms with Crippen molar-refractivity contribution in [2.45, 2.75) is 32.2 Å². The molecule has 0 aliphatic carbocycles.